The number of ether oxygens (including phenoxy) is 1. The topological polar surface area (TPSA) is 73.2 Å². The van der Waals surface area contributed by atoms with Gasteiger partial charge >= 0.3 is 0 Å². The lowest BCUT2D eigenvalue weighted by atomic mass is 9.48. The van der Waals surface area contributed by atoms with Crippen LogP contribution in [-0.2, 0) is 11.8 Å². The Kier molecular flexibility index (Phi) is 2.67. The summed E-state index contributed by atoms with van der Waals surface area (Å²) < 4.78 is 6.14. The molecule has 1 aromatic carbocycles. The zero-order valence-electron chi connectivity index (χ0n) is 14.3. The number of phenols is 1. The van der Waals surface area contributed by atoms with E-state index < -0.39 is 23.2 Å². The third kappa shape index (κ3) is 1.61. The molecule has 0 radical (unpaired) electrons. The second-order valence-corrected chi connectivity index (χ2v) is 8.90. The van der Waals surface area contributed by atoms with E-state index in [2.05, 4.69) is 4.90 Å². The van der Waals surface area contributed by atoms with Crippen molar-refractivity contribution in [2.24, 2.45) is 5.92 Å². The van der Waals surface area contributed by atoms with Gasteiger partial charge in [-0.3, -0.25) is 4.90 Å². The molecule has 134 valence electrons. The number of benzene rings is 1. The molecule has 0 aromatic heterocycles. The van der Waals surface area contributed by atoms with Gasteiger partial charge in [0.2, 0.25) is 0 Å². The van der Waals surface area contributed by atoms with Gasteiger partial charge in [0.1, 0.15) is 6.10 Å². The quantitative estimate of drug-likeness (QED) is 0.755. The van der Waals surface area contributed by atoms with Crippen molar-refractivity contribution in [3.63, 3.8) is 0 Å². The lowest BCUT2D eigenvalue weighted by molar-refractivity contribution is -0.208. The molecule has 0 amide bonds. The van der Waals surface area contributed by atoms with Crippen LogP contribution >= 0.6 is 0 Å². The Labute approximate surface area is 147 Å². The molecule has 5 nitrogen and oxygen atoms in total. The predicted molar refractivity (Wildman–Crippen MR) is 90.8 cm³/mol. The molecule has 5 atom stereocenters. The van der Waals surface area contributed by atoms with Crippen molar-refractivity contribution < 1.29 is 20.1 Å². The minimum atomic E-state index is -0.879. The number of aliphatic hydroxyl groups excluding tert-OH is 1. The maximum atomic E-state index is 12.0. The van der Waals surface area contributed by atoms with Crippen LogP contribution in [0.2, 0.25) is 0 Å². The van der Waals surface area contributed by atoms with Crippen LogP contribution in [0.1, 0.15) is 43.2 Å². The molecule has 2 unspecified atom stereocenters. The van der Waals surface area contributed by atoms with Gasteiger partial charge in [-0.2, -0.15) is 0 Å². The Morgan fingerprint density at radius 3 is 2.84 bits per heavy atom. The first kappa shape index (κ1) is 14.8. The van der Waals surface area contributed by atoms with Crippen LogP contribution in [0.5, 0.6) is 11.5 Å². The number of aliphatic hydroxyl groups is 2. The SMILES string of the molecule is Oc1ccc2c3c1OC1[C@@H](O)CC[C@]4(O)[C@H](C2)N(CC2CC2)CCC314. The number of nitrogens with zero attached hydrogens (tertiary/aromatic N) is 1. The van der Waals surface area contributed by atoms with Crippen LogP contribution < -0.4 is 4.74 Å². The Morgan fingerprint density at radius 2 is 2.04 bits per heavy atom. The molecular weight excluding hydrogens is 318 g/mol. The number of aromatic hydroxyl groups is 1. The molecule has 2 saturated carbocycles. The smallest absolute Gasteiger partial charge is 0.165 e. The van der Waals surface area contributed by atoms with E-state index in [1.165, 1.54) is 18.4 Å². The van der Waals surface area contributed by atoms with Crippen molar-refractivity contribution in [2.75, 3.05) is 13.1 Å². The molecule has 1 saturated heterocycles. The minimum Gasteiger partial charge on any atom is -0.504 e. The summed E-state index contributed by atoms with van der Waals surface area (Å²) in [4.78, 5) is 2.51. The van der Waals surface area contributed by atoms with E-state index in [-0.39, 0.29) is 11.8 Å². The summed E-state index contributed by atoms with van der Waals surface area (Å²) in [5.74, 6) is 1.44. The van der Waals surface area contributed by atoms with Gasteiger partial charge in [0, 0.05) is 18.2 Å². The number of hydrogen-bond acceptors (Lipinski definition) is 5. The highest BCUT2D eigenvalue weighted by Crippen LogP contribution is 2.65. The van der Waals surface area contributed by atoms with Crippen LogP contribution in [-0.4, -0.2) is 57.2 Å². The number of phenolic OH excluding ortho intramolecular Hbond substituents is 1. The van der Waals surface area contributed by atoms with Crippen LogP contribution in [0.25, 0.3) is 0 Å². The Balaban J connectivity index is 1.57. The molecule has 5 aliphatic rings. The van der Waals surface area contributed by atoms with Gasteiger partial charge in [-0.1, -0.05) is 6.07 Å². The van der Waals surface area contributed by atoms with Crippen LogP contribution in [0.3, 0.4) is 0 Å². The van der Waals surface area contributed by atoms with E-state index in [1.54, 1.807) is 6.07 Å². The molecule has 3 N–H and O–H groups in total. The van der Waals surface area contributed by atoms with Gasteiger partial charge in [-0.05, 0) is 62.6 Å². The average Bonchev–Trinajstić information content (AvgIpc) is 3.32. The van der Waals surface area contributed by atoms with Gasteiger partial charge in [0.05, 0.1) is 17.1 Å². The zero-order valence-corrected chi connectivity index (χ0v) is 14.3. The van der Waals surface area contributed by atoms with E-state index >= 15 is 0 Å². The van der Waals surface area contributed by atoms with Crippen molar-refractivity contribution in [3.8, 4) is 11.5 Å². The maximum Gasteiger partial charge on any atom is 0.165 e. The maximum absolute atomic E-state index is 12.0. The summed E-state index contributed by atoms with van der Waals surface area (Å²) in [6.45, 7) is 2.02. The lowest BCUT2D eigenvalue weighted by Crippen LogP contribution is -2.77. The lowest BCUT2D eigenvalue weighted by Gasteiger charge is -2.63. The molecular formula is C20H25NO4. The summed E-state index contributed by atoms with van der Waals surface area (Å²) in [5, 5.41) is 33.1. The molecule has 3 fully saturated rings. The van der Waals surface area contributed by atoms with Crippen LogP contribution in [0.4, 0.5) is 0 Å². The van der Waals surface area contributed by atoms with Crippen molar-refractivity contribution in [2.45, 2.75) is 67.8 Å². The highest BCUT2D eigenvalue weighted by molar-refractivity contribution is 5.62. The summed E-state index contributed by atoms with van der Waals surface area (Å²) in [6, 6.07) is 3.79. The van der Waals surface area contributed by atoms with Gasteiger partial charge in [0.15, 0.2) is 11.5 Å². The highest BCUT2D eigenvalue weighted by Gasteiger charge is 2.72. The van der Waals surface area contributed by atoms with Crippen molar-refractivity contribution >= 4 is 0 Å². The fourth-order valence-corrected chi connectivity index (χ4v) is 6.46. The number of hydrogen-bond donors (Lipinski definition) is 3. The number of rotatable bonds is 2. The van der Waals surface area contributed by atoms with E-state index in [4.69, 9.17) is 4.74 Å². The minimum absolute atomic E-state index is 0.0865. The van der Waals surface area contributed by atoms with E-state index in [0.29, 0.717) is 18.6 Å². The van der Waals surface area contributed by atoms with Gasteiger partial charge in [0.25, 0.3) is 0 Å². The molecule has 25 heavy (non-hydrogen) atoms. The van der Waals surface area contributed by atoms with Crippen molar-refractivity contribution in [3.05, 3.63) is 23.3 Å². The largest absolute Gasteiger partial charge is 0.504 e. The van der Waals surface area contributed by atoms with Gasteiger partial charge < -0.3 is 20.1 Å². The molecule has 6 rings (SSSR count). The molecule has 5 heteroatoms. The summed E-state index contributed by atoms with van der Waals surface area (Å²) in [5.41, 5.74) is 0.716. The normalized spacial score (nSPS) is 44.3. The average molecular weight is 343 g/mol. The van der Waals surface area contributed by atoms with Crippen molar-refractivity contribution in [1.82, 2.24) is 4.90 Å². The summed E-state index contributed by atoms with van der Waals surface area (Å²) >= 11 is 0. The molecule has 1 aromatic rings. The standard InChI is InChI=1S/C20H25NO4/c22-13-4-3-12-9-15-20(24)6-5-14(23)18-19(20,16(12)17(13)25-18)7-8-21(15)10-11-1-2-11/h3-4,11,14-15,18,22-24H,1-2,5-10H2/t14-,15-,18?,19?,20-/m0/s1. The van der Waals surface area contributed by atoms with Crippen LogP contribution in [0.15, 0.2) is 12.1 Å². The first-order valence-electron chi connectivity index (χ1n) is 9.71. The monoisotopic (exact) mass is 343 g/mol. The van der Waals surface area contributed by atoms with Crippen LogP contribution in [0, 0.1) is 5.92 Å². The molecule has 2 aliphatic heterocycles. The van der Waals surface area contributed by atoms with E-state index in [1.807, 2.05) is 6.07 Å². The zero-order chi connectivity index (χ0) is 17.0. The van der Waals surface area contributed by atoms with Gasteiger partial charge in [-0.15, -0.1) is 0 Å². The third-order valence-corrected chi connectivity index (χ3v) is 7.73. The number of piperidine rings is 1. The van der Waals surface area contributed by atoms with E-state index in [0.717, 1.165) is 37.4 Å². The molecule has 1 spiro atoms. The second-order valence-electron chi connectivity index (χ2n) is 8.90. The summed E-state index contributed by atoms with van der Waals surface area (Å²) in [7, 11) is 0. The first-order valence-corrected chi connectivity index (χ1v) is 9.71. The third-order valence-electron chi connectivity index (χ3n) is 7.73. The summed E-state index contributed by atoms with van der Waals surface area (Å²) in [6.07, 6.45) is 4.35. The van der Waals surface area contributed by atoms with Crippen molar-refractivity contribution in [1.29, 1.82) is 0 Å². The highest BCUT2D eigenvalue weighted by atomic mass is 16.5. The Morgan fingerprint density at radius 1 is 1.20 bits per heavy atom. The molecule has 2 heterocycles. The fourth-order valence-electron chi connectivity index (χ4n) is 6.46. The second kappa shape index (κ2) is 4.51. The Bertz CT molecular complexity index is 762. The fraction of sp³-hybridized carbons (Fsp3) is 0.700. The predicted octanol–water partition coefficient (Wildman–Crippen LogP) is 1.32. The first-order chi connectivity index (χ1) is 12.0. The Hall–Kier alpha value is -1.30. The molecule has 3 aliphatic carbocycles. The number of likely N-dealkylation sites (tertiary alicyclic amines) is 1. The van der Waals surface area contributed by atoms with Gasteiger partial charge in [-0.25, -0.2) is 0 Å². The van der Waals surface area contributed by atoms with E-state index in [9.17, 15) is 15.3 Å². The molecule has 2 bridgehead atoms.